The van der Waals surface area contributed by atoms with Gasteiger partial charge in [0.15, 0.2) is 0 Å². The maximum Gasteiger partial charge on any atom is 0.129 e. The van der Waals surface area contributed by atoms with Crippen molar-refractivity contribution in [2.75, 3.05) is 37.7 Å². The summed E-state index contributed by atoms with van der Waals surface area (Å²) in [5.41, 5.74) is 2.68. The van der Waals surface area contributed by atoms with Crippen LogP contribution in [0.4, 0.5) is 10.1 Å². The fourth-order valence-corrected chi connectivity index (χ4v) is 2.97. The van der Waals surface area contributed by atoms with E-state index >= 15 is 0 Å². The van der Waals surface area contributed by atoms with Gasteiger partial charge in [0.25, 0.3) is 0 Å². The highest BCUT2D eigenvalue weighted by Gasteiger charge is 2.15. The molecule has 128 valence electrons. The average molecular weight is 330 g/mol. The number of aliphatic hydroxyl groups is 1. The molecule has 0 aliphatic carbocycles. The van der Waals surface area contributed by atoms with Gasteiger partial charge in [-0.15, -0.1) is 0 Å². The van der Waals surface area contributed by atoms with Crippen molar-refractivity contribution in [3.63, 3.8) is 0 Å². The highest BCUT2D eigenvalue weighted by molar-refractivity contribution is 5.53. The third-order valence-electron chi connectivity index (χ3n) is 4.26. The summed E-state index contributed by atoms with van der Waals surface area (Å²) in [7, 11) is 0. The van der Waals surface area contributed by atoms with E-state index in [1.54, 1.807) is 18.2 Å². The van der Waals surface area contributed by atoms with Crippen molar-refractivity contribution in [1.82, 2.24) is 5.32 Å². The summed E-state index contributed by atoms with van der Waals surface area (Å²) in [6.07, 6.45) is -0.859. The van der Waals surface area contributed by atoms with Crippen LogP contribution in [0.1, 0.15) is 17.2 Å². The van der Waals surface area contributed by atoms with Crippen LogP contribution in [0.15, 0.2) is 48.5 Å². The van der Waals surface area contributed by atoms with Crippen LogP contribution in [-0.4, -0.2) is 38.0 Å². The van der Waals surface area contributed by atoms with E-state index < -0.39 is 6.10 Å². The van der Waals surface area contributed by atoms with E-state index in [9.17, 15) is 9.50 Å². The first kappa shape index (κ1) is 16.9. The van der Waals surface area contributed by atoms with E-state index in [2.05, 4.69) is 22.3 Å². The first-order chi connectivity index (χ1) is 11.8. The third-order valence-corrected chi connectivity index (χ3v) is 4.26. The largest absolute Gasteiger partial charge is 0.387 e. The molecular formula is C19H23FN2O2. The molecule has 5 heteroatoms. The summed E-state index contributed by atoms with van der Waals surface area (Å²) in [6.45, 7) is 4.18. The molecule has 4 nitrogen and oxygen atoms in total. The fourth-order valence-electron chi connectivity index (χ4n) is 2.97. The van der Waals surface area contributed by atoms with Crippen LogP contribution in [0.25, 0.3) is 0 Å². The molecule has 3 rings (SSSR count). The molecule has 1 heterocycles. The van der Waals surface area contributed by atoms with Crippen LogP contribution in [0.5, 0.6) is 0 Å². The van der Waals surface area contributed by atoms with Gasteiger partial charge in [-0.05, 0) is 17.7 Å². The Hall–Kier alpha value is -1.95. The number of benzene rings is 2. The molecular weight excluding hydrogens is 307 g/mol. The van der Waals surface area contributed by atoms with Crippen molar-refractivity contribution in [1.29, 1.82) is 0 Å². The lowest BCUT2D eigenvalue weighted by Gasteiger charge is -2.30. The van der Waals surface area contributed by atoms with Crippen molar-refractivity contribution >= 4 is 5.69 Å². The molecule has 0 radical (unpaired) electrons. The van der Waals surface area contributed by atoms with Gasteiger partial charge in [0.2, 0.25) is 0 Å². The van der Waals surface area contributed by atoms with Gasteiger partial charge in [-0.2, -0.15) is 0 Å². The van der Waals surface area contributed by atoms with Gasteiger partial charge in [-0.25, -0.2) is 4.39 Å². The van der Waals surface area contributed by atoms with Crippen molar-refractivity contribution in [3.05, 3.63) is 65.5 Å². The first-order valence-electron chi connectivity index (χ1n) is 8.29. The molecule has 1 unspecified atom stereocenters. The number of aliphatic hydroxyl groups excluding tert-OH is 1. The summed E-state index contributed by atoms with van der Waals surface area (Å²) in [6, 6.07) is 14.6. The zero-order valence-electron chi connectivity index (χ0n) is 13.6. The standard InChI is InChI=1S/C19H23FN2O2/c20-17-7-3-2-6-16(17)19(23)14-21-13-15-5-1-4-8-18(15)22-9-11-24-12-10-22/h1-8,19,21,23H,9-14H2. The second kappa shape index (κ2) is 8.24. The fraction of sp³-hybridized carbons (Fsp3) is 0.368. The molecule has 1 aliphatic heterocycles. The quantitative estimate of drug-likeness (QED) is 0.854. The Morgan fingerprint density at radius 1 is 1.08 bits per heavy atom. The molecule has 1 fully saturated rings. The van der Waals surface area contributed by atoms with Crippen molar-refractivity contribution in [2.45, 2.75) is 12.6 Å². The lowest BCUT2D eigenvalue weighted by molar-refractivity contribution is 0.122. The summed E-state index contributed by atoms with van der Waals surface area (Å²) in [5, 5.41) is 13.4. The summed E-state index contributed by atoms with van der Waals surface area (Å²) < 4.78 is 19.1. The van der Waals surface area contributed by atoms with Crippen LogP contribution in [0.2, 0.25) is 0 Å². The minimum Gasteiger partial charge on any atom is -0.387 e. The minimum atomic E-state index is -0.859. The molecule has 0 spiro atoms. The summed E-state index contributed by atoms with van der Waals surface area (Å²) in [5.74, 6) is -0.375. The summed E-state index contributed by atoms with van der Waals surface area (Å²) >= 11 is 0. The number of hydrogen-bond donors (Lipinski definition) is 2. The molecule has 1 atom stereocenters. The number of hydrogen-bond acceptors (Lipinski definition) is 4. The van der Waals surface area contributed by atoms with E-state index in [0.29, 0.717) is 18.7 Å². The Morgan fingerprint density at radius 3 is 2.58 bits per heavy atom. The first-order valence-corrected chi connectivity index (χ1v) is 8.29. The predicted octanol–water partition coefficient (Wildman–Crippen LogP) is 2.49. The molecule has 0 amide bonds. The van der Waals surface area contributed by atoms with Crippen LogP contribution < -0.4 is 10.2 Å². The van der Waals surface area contributed by atoms with Crippen LogP contribution >= 0.6 is 0 Å². The summed E-state index contributed by atoms with van der Waals surface area (Å²) in [4.78, 5) is 2.31. The number of rotatable bonds is 6. The van der Waals surface area contributed by atoms with Gasteiger partial charge in [-0.1, -0.05) is 36.4 Å². The van der Waals surface area contributed by atoms with Gasteiger partial charge in [0.1, 0.15) is 5.82 Å². The second-order valence-electron chi connectivity index (χ2n) is 5.90. The van der Waals surface area contributed by atoms with Gasteiger partial charge in [-0.3, -0.25) is 0 Å². The molecule has 24 heavy (non-hydrogen) atoms. The minimum absolute atomic E-state index is 0.304. The topological polar surface area (TPSA) is 44.7 Å². The molecule has 2 aromatic rings. The van der Waals surface area contributed by atoms with Crippen LogP contribution in [0, 0.1) is 5.82 Å². The maximum atomic E-state index is 13.7. The Balaban J connectivity index is 1.60. The zero-order valence-corrected chi connectivity index (χ0v) is 13.6. The number of nitrogens with one attached hydrogen (secondary N) is 1. The number of morpholine rings is 1. The molecule has 2 N–H and O–H groups in total. The molecule has 2 aromatic carbocycles. The van der Waals surface area contributed by atoms with E-state index in [1.807, 2.05) is 12.1 Å². The van der Waals surface area contributed by atoms with Crippen molar-refractivity contribution in [2.24, 2.45) is 0 Å². The number of ether oxygens (including phenoxy) is 1. The zero-order chi connectivity index (χ0) is 16.8. The maximum absolute atomic E-state index is 13.7. The second-order valence-corrected chi connectivity index (χ2v) is 5.90. The van der Waals surface area contributed by atoms with Crippen molar-refractivity contribution < 1.29 is 14.2 Å². The van der Waals surface area contributed by atoms with Gasteiger partial charge in [0, 0.05) is 37.4 Å². The Morgan fingerprint density at radius 2 is 1.79 bits per heavy atom. The smallest absolute Gasteiger partial charge is 0.129 e. The molecule has 1 aliphatic rings. The highest BCUT2D eigenvalue weighted by Crippen LogP contribution is 2.22. The van der Waals surface area contributed by atoms with Crippen LogP contribution in [-0.2, 0) is 11.3 Å². The molecule has 0 bridgehead atoms. The normalized spacial score (nSPS) is 16.2. The average Bonchev–Trinajstić information content (AvgIpc) is 2.63. The molecule has 0 saturated carbocycles. The van der Waals surface area contributed by atoms with E-state index in [1.165, 1.54) is 17.3 Å². The van der Waals surface area contributed by atoms with Gasteiger partial charge >= 0.3 is 0 Å². The molecule has 0 aromatic heterocycles. The number of halogens is 1. The number of para-hydroxylation sites is 1. The van der Waals surface area contributed by atoms with Crippen LogP contribution in [0.3, 0.4) is 0 Å². The molecule has 1 saturated heterocycles. The number of nitrogens with zero attached hydrogens (tertiary/aromatic N) is 1. The highest BCUT2D eigenvalue weighted by atomic mass is 19.1. The number of anilines is 1. The SMILES string of the molecule is OC(CNCc1ccccc1N1CCOCC1)c1ccccc1F. The third kappa shape index (κ3) is 4.12. The van der Waals surface area contributed by atoms with E-state index in [0.717, 1.165) is 26.3 Å². The predicted molar refractivity (Wildman–Crippen MR) is 92.5 cm³/mol. The van der Waals surface area contributed by atoms with E-state index in [-0.39, 0.29) is 5.82 Å². The monoisotopic (exact) mass is 330 g/mol. The van der Waals surface area contributed by atoms with Gasteiger partial charge in [0.05, 0.1) is 19.3 Å². The lowest BCUT2D eigenvalue weighted by atomic mass is 10.1. The lowest BCUT2D eigenvalue weighted by Crippen LogP contribution is -2.37. The Labute approximate surface area is 141 Å². The van der Waals surface area contributed by atoms with Gasteiger partial charge < -0.3 is 20.1 Å². The Bertz CT molecular complexity index is 659. The van der Waals surface area contributed by atoms with Crippen molar-refractivity contribution in [3.8, 4) is 0 Å². The van der Waals surface area contributed by atoms with E-state index in [4.69, 9.17) is 4.74 Å². The Kier molecular flexibility index (Phi) is 5.80.